The molecule has 12 nitrogen and oxygen atoms in total. The summed E-state index contributed by atoms with van der Waals surface area (Å²) in [6, 6.07) is 112. The lowest BCUT2D eigenvalue weighted by Crippen LogP contribution is -2.07. The van der Waals surface area contributed by atoms with Gasteiger partial charge in [0.2, 0.25) is 0 Å². The van der Waals surface area contributed by atoms with Crippen LogP contribution in [0.15, 0.2) is 353 Å². The Morgan fingerprint density at radius 3 is 0.647 bits per heavy atom. The molecule has 102 heavy (non-hydrogen) atoms. The minimum absolute atomic E-state index is 0.785. The van der Waals surface area contributed by atoms with Crippen molar-refractivity contribution in [3.8, 4) is 114 Å². The molecule has 0 bridgehead atoms. The Bertz CT molecular complexity index is 5930. The van der Waals surface area contributed by atoms with Gasteiger partial charge in [0.05, 0.1) is 136 Å². The zero-order valence-electron chi connectivity index (χ0n) is 54.9. The molecule has 0 saturated heterocycles. The van der Waals surface area contributed by atoms with Crippen molar-refractivity contribution < 1.29 is 0 Å². The minimum Gasteiger partial charge on any atom is -0.308 e. The van der Waals surface area contributed by atoms with Gasteiger partial charge in [0.25, 0.3) is 0 Å². The van der Waals surface area contributed by atoms with Gasteiger partial charge in [-0.15, -0.1) is 0 Å². The average molecular weight is 1310 g/mol. The van der Waals surface area contributed by atoms with Crippen LogP contribution in [0.3, 0.4) is 0 Å². The van der Waals surface area contributed by atoms with Crippen LogP contribution in [-0.4, -0.2) is 57.3 Å². The second-order valence-electron chi connectivity index (χ2n) is 25.6. The molecular formula is C90H58N12. The van der Waals surface area contributed by atoms with Crippen molar-refractivity contribution in [3.63, 3.8) is 0 Å². The third-order valence-electron chi connectivity index (χ3n) is 19.7. The van der Waals surface area contributed by atoms with E-state index < -0.39 is 0 Å². The van der Waals surface area contributed by atoms with Gasteiger partial charge in [0, 0.05) is 80.6 Å². The second kappa shape index (κ2) is 23.9. The molecule has 0 unspecified atom stereocenters. The molecule has 8 aromatic carbocycles. The van der Waals surface area contributed by atoms with Crippen molar-refractivity contribution in [1.29, 1.82) is 0 Å². The topological polar surface area (TPSA) is 107 Å². The molecule has 0 N–H and O–H groups in total. The van der Waals surface area contributed by atoms with Crippen LogP contribution in [0.25, 0.3) is 179 Å². The maximum Gasteiger partial charge on any atom is 0.0876 e. The number of rotatable bonds is 13. The fraction of sp³-hybridized carbons (Fsp3) is 0. The summed E-state index contributed by atoms with van der Waals surface area (Å²) in [5.41, 5.74) is 24.3. The predicted octanol–water partition coefficient (Wildman–Crippen LogP) is 21.4. The van der Waals surface area contributed by atoms with Crippen LogP contribution in [-0.2, 0) is 0 Å². The van der Waals surface area contributed by atoms with Gasteiger partial charge in [-0.1, -0.05) is 146 Å². The van der Waals surface area contributed by atoms with E-state index in [4.69, 9.17) is 29.9 Å². The highest BCUT2D eigenvalue weighted by atomic mass is 15.1. The fourth-order valence-electron chi connectivity index (χ4n) is 15.5. The number of benzene rings is 8. The SMILES string of the molecule is c1ccc(-c2cc3ccccc3n2-c2cc(-n3c(-c4ccccn4)cc4ccccc43)cc(-n3c(-c4ccccn4)c(-c4c(-c5ccccn5)n(-c5cc(-n6c(-c7ccccn7)cc7ccccc76)cc(-n6c(-c7ccccn7)cc7ccccc76)c5)c5ccccc45)c4ccccc43)c2)nc1. The number of aromatic nitrogens is 12. The monoisotopic (exact) mass is 1310 g/mol. The normalized spacial score (nSPS) is 11.7. The minimum atomic E-state index is 0.785. The van der Waals surface area contributed by atoms with Crippen molar-refractivity contribution in [3.05, 3.63) is 353 Å². The van der Waals surface area contributed by atoms with Crippen molar-refractivity contribution in [2.75, 3.05) is 0 Å². The first kappa shape index (κ1) is 58.1. The number of hydrogen-bond donors (Lipinski definition) is 0. The Morgan fingerprint density at radius 2 is 0.392 bits per heavy atom. The van der Waals surface area contributed by atoms with Crippen LogP contribution in [0.4, 0.5) is 0 Å². The van der Waals surface area contributed by atoms with Crippen LogP contribution in [0.2, 0.25) is 0 Å². The maximum atomic E-state index is 5.41. The first-order chi connectivity index (χ1) is 50.6. The van der Waals surface area contributed by atoms with Gasteiger partial charge in [-0.25, -0.2) is 0 Å². The van der Waals surface area contributed by atoms with E-state index in [2.05, 4.69) is 306 Å². The van der Waals surface area contributed by atoms with Gasteiger partial charge >= 0.3 is 0 Å². The van der Waals surface area contributed by atoms with E-state index in [-0.39, 0.29) is 0 Å². The van der Waals surface area contributed by atoms with Crippen LogP contribution in [0, 0.1) is 0 Å². The second-order valence-corrected chi connectivity index (χ2v) is 25.6. The highest BCUT2D eigenvalue weighted by Crippen LogP contribution is 2.52. The molecule has 0 atom stereocenters. The van der Waals surface area contributed by atoms with Crippen molar-refractivity contribution in [2.45, 2.75) is 0 Å². The summed E-state index contributed by atoms with van der Waals surface area (Å²) in [5, 5.41) is 6.42. The molecule has 0 amide bonds. The predicted molar refractivity (Wildman–Crippen MR) is 412 cm³/mol. The van der Waals surface area contributed by atoms with E-state index in [0.717, 1.165) is 179 Å². The lowest BCUT2D eigenvalue weighted by atomic mass is 9.96. The molecule has 20 aromatic rings. The van der Waals surface area contributed by atoms with Crippen molar-refractivity contribution in [1.82, 2.24) is 57.3 Å². The number of para-hydroxylation sites is 6. The lowest BCUT2D eigenvalue weighted by Gasteiger charge is -2.20. The Labute approximate surface area is 585 Å². The molecular weight excluding hydrogens is 1250 g/mol. The van der Waals surface area contributed by atoms with Gasteiger partial charge in [-0.3, -0.25) is 29.9 Å². The molecule has 0 radical (unpaired) electrons. The van der Waals surface area contributed by atoms with E-state index in [1.165, 1.54) is 0 Å². The molecule has 0 aliphatic heterocycles. The molecule has 0 aliphatic rings. The van der Waals surface area contributed by atoms with Gasteiger partial charge in [0.15, 0.2) is 0 Å². The Kier molecular flexibility index (Phi) is 13.6. The number of fused-ring (bicyclic) bond motifs is 6. The summed E-state index contributed by atoms with van der Waals surface area (Å²) in [6.07, 6.45) is 11.3. The van der Waals surface area contributed by atoms with Gasteiger partial charge in [-0.2, -0.15) is 0 Å². The van der Waals surface area contributed by atoms with Gasteiger partial charge in [-0.05, 0) is 170 Å². The van der Waals surface area contributed by atoms with Gasteiger partial charge in [0.1, 0.15) is 0 Å². The third-order valence-corrected chi connectivity index (χ3v) is 19.7. The van der Waals surface area contributed by atoms with Crippen molar-refractivity contribution >= 4 is 65.4 Å². The Hall–Kier alpha value is -14.1. The highest BCUT2D eigenvalue weighted by molar-refractivity contribution is 6.16. The maximum absolute atomic E-state index is 5.41. The van der Waals surface area contributed by atoms with E-state index in [1.807, 2.05) is 73.6 Å². The number of pyridine rings is 6. The van der Waals surface area contributed by atoms with E-state index in [1.54, 1.807) is 0 Å². The number of nitrogens with zero attached hydrogens (tertiary/aromatic N) is 12. The molecule has 0 aliphatic carbocycles. The Balaban J connectivity index is 0.922. The molecule has 0 fully saturated rings. The van der Waals surface area contributed by atoms with Crippen LogP contribution in [0.5, 0.6) is 0 Å². The molecule has 478 valence electrons. The summed E-state index contributed by atoms with van der Waals surface area (Å²) in [5.74, 6) is 0. The lowest BCUT2D eigenvalue weighted by molar-refractivity contribution is 1.04. The van der Waals surface area contributed by atoms with Crippen LogP contribution in [0.1, 0.15) is 0 Å². The first-order valence-corrected chi connectivity index (χ1v) is 34.1. The van der Waals surface area contributed by atoms with E-state index in [9.17, 15) is 0 Å². The largest absolute Gasteiger partial charge is 0.308 e. The quantitative estimate of drug-likeness (QED) is 0.114. The highest BCUT2D eigenvalue weighted by Gasteiger charge is 2.32. The molecule has 12 aromatic heterocycles. The average Bonchev–Trinajstić information content (AvgIpc) is 1.54. The number of hydrogen-bond acceptors (Lipinski definition) is 6. The zero-order valence-corrected chi connectivity index (χ0v) is 54.9. The van der Waals surface area contributed by atoms with Crippen LogP contribution < -0.4 is 0 Å². The van der Waals surface area contributed by atoms with Gasteiger partial charge < -0.3 is 27.4 Å². The summed E-state index contributed by atoms with van der Waals surface area (Å²) in [6.45, 7) is 0. The summed E-state index contributed by atoms with van der Waals surface area (Å²) >= 11 is 0. The summed E-state index contributed by atoms with van der Waals surface area (Å²) in [4.78, 5) is 30.9. The van der Waals surface area contributed by atoms with E-state index in [0.29, 0.717) is 0 Å². The molecule has 12 heteroatoms. The third kappa shape index (κ3) is 9.46. The molecule has 12 heterocycles. The van der Waals surface area contributed by atoms with E-state index >= 15 is 0 Å². The summed E-state index contributed by atoms with van der Waals surface area (Å²) < 4.78 is 14.3. The Morgan fingerprint density at radius 1 is 0.176 bits per heavy atom. The molecule has 20 rings (SSSR count). The molecule has 0 saturated carbocycles. The van der Waals surface area contributed by atoms with Crippen LogP contribution >= 0.6 is 0 Å². The smallest absolute Gasteiger partial charge is 0.0876 e. The van der Waals surface area contributed by atoms with Crippen molar-refractivity contribution in [2.24, 2.45) is 0 Å². The zero-order chi connectivity index (χ0) is 67.2. The summed E-state index contributed by atoms with van der Waals surface area (Å²) in [7, 11) is 0. The molecule has 0 spiro atoms. The first-order valence-electron chi connectivity index (χ1n) is 34.1. The standard InChI is InChI=1S/C90H58N12/c1-7-37-77-59(25-1)49-83(71-31-13-19-43-91-71)97(77)63-53-64(98-78-38-8-2-26-60(78)50-84(98)72-32-14-20-44-92-72)56-67(55-63)101-81-41-11-5-29-69(81)87(89(101)75-35-17-23-47-95-75)88-70-30-6-12-42-82(70)102(90(88)76-36-18-24-48-96-76)68-57-65(99-79-39-9-3-27-61(79)51-85(99)73-33-15-21-45-93-73)54-66(58-68)100-80-40-10-4-28-62(80)52-86(100)74-34-16-22-46-94-74/h1-58H. The fourth-order valence-corrected chi connectivity index (χ4v) is 15.5.